The minimum Gasteiger partial charge on any atom is -0.333 e. The summed E-state index contributed by atoms with van der Waals surface area (Å²) in [4.78, 5) is 13.2. The smallest absolute Gasteiger partial charge is 0.262 e. The van der Waals surface area contributed by atoms with Crippen LogP contribution in [0.4, 0.5) is 0 Å². The van der Waals surface area contributed by atoms with Crippen molar-refractivity contribution in [2.24, 2.45) is 0 Å². The molecule has 1 aliphatic carbocycles. The summed E-state index contributed by atoms with van der Waals surface area (Å²) < 4.78 is 3.57. The number of hydrogen-bond donors (Lipinski definition) is 1. The molecule has 1 saturated carbocycles. The maximum absolute atomic E-state index is 12.5. The van der Waals surface area contributed by atoms with E-state index in [1.54, 1.807) is 11.3 Å². The van der Waals surface area contributed by atoms with Crippen molar-refractivity contribution in [2.75, 3.05) is 0 Å². The molecule has 0 bridgehead atoms. The molecule has 1 N–H and O–H groups in total. The topological polar surface area (TPSA) is 52.9 Å². The molecule has 2 heterocycles. The second-order valence-electron chi connectivity index (χ2n) is 5.76. The van der Waals surface area contributed by atoms with Gasteiger partial charge in [0.05, 0.1) is 15.6 Å². The van der Waals surface area contributed by atoms with Crippen molar-refractivity contribution in [3.05, 3.63) is 35.2 Å². The summed E-state index contributed by atoms with van der Waals surface area (Å²) in [6, 6.07) is 12.5. The number of nitrogens with one attached hydrogen (secondary N) is 1. The third-order valence-electron chi connectivity index (χ3n) is 4.30. The zero-order valence-electron chi connectivity index (χ0n) is 11.9. The Labute approximate surface area is 136 Å². The summed E-state index contributed by atoms with van der Waals surface area (Å²) in [6.45, 7) is 0. The standard InChI is InChI=1S/C17H14N2OS2/c18-10-17(7-3-4-8-17)19-16(20)14-9-13-15(22-14)11-5-1-2-6-12(11)21-13/h1-2,5-6,9H,3-4,7-8H2,(H,19,20). The summed E-state index contributed by atoms with van der Waals surface area (Å²) in [7, 11) is 0. The molecule has 1 aromatic carbocycles. The lowest BCUT2D eigenvalue weighted by molar-refractivity contribution is 0.0925. The number of carbonyl (C=O) groups is 1. The summed E-state index contributed by atoms with van der Waals surface area (Å²) in [5.41, 5.74) is -0.656. The number of hydrogen-bond acceptors (Lipinski definition) is 4. The summed E-state index contributed by atoms with van der Waals surface area (Å²) >= 11 is 3.24. The van der Waals surface area contributed by atoms with Crippen molar-refractivity contribution in [3.8, 4) is 6.07 Å². The predicted octanol–water partition coefficient (Wildman–Crippen LogP) is 4.68. The SMILES string of the molecule is N#CC1(NC(=O)c2cc3sc4ccccc4c3s2)CCCC1. The van der Waals surface area contributed by atoms with Crippen LogP contribution in [0.15, 0.2) is 30.3 Å². The number of nitriles is 1. The maximum Gasteiger partial charge on any atom is 0.262 e. The number of rotatable bonds is 2. The second-order valence-corrected chi connectivity index (χ2v) is 7.89. The van der Waals surface area contributed by atoms with E-state index in [0.717, 1.165) is 30.4 Å². The first-order valence-electron chi connectivity index (χ1n) is 7.36. The van der Waals surface area contributed by atoms with E-state index in [1.165, 1.54) is 26.1 Å². The highest BCUT2D eigenvalue weighted by molar-refractivity contribution is 7.33. The molecule has 22 heavy (non-hydrogen) atoms. The fourth-order valence-electron chi connectivity index (χ4n) is 3.13. The molecule has 0 spiro atoms. The summed E-state index contributed by atoms with van der Waals surface area (Å²) in [5.74, 6) is -0.110. The van der Waals surface area contributed by atoms with Crippen molar-refractivity contribution in [1.29, 1.82) is 5.26 Å². The first-order valence-corrected chi connectivity index (χ1v) is 8.99. The number of fused-ring (bicyclic) bond motifs is 3. The van der Waals surface area contributed by atoms with E-state index in [0.29, 0.717) is 4.88 Å². The Kier molecular flexibility index (Phi) is 3.17. The van der Waals surface area contributed by atoms with Gasteiger partial charge >= 0.3 is 0 Å². The molecular formula is C17H14N2OS2. The van der Waals surface area contributed by atoms with E-state index in [2.05, 4.69) is 23.5 Å². The predicted molar refractivity (Wildman–Crippen MR) is 91.5 cm³/mol. The highest BCUT2D eigenvalue weighted by Crippen LogP contribution is 2.39. The van der Waals surface area contributed by atoms with Crippen LogP contribution in [-0.2, 0) is 0 Å². The minimum absolute atomic E-state index is 0.110. The van der Waals surface area contributed by atoms with Crippen LogP contribution in [0.3, 0.4) is 0 Å². The molecule has 1 aliphatic rings. The number of thiophene rings is 2. The average molecular weight is 326 g/mol. The molecule has 5 heteroatoms. The first-order chi connectivity index (χ1) is 10.7. The Morgan fingerprint density at radius 1 is 1.18 bits per heavy atom. The quantitative estimate of drug-likeness (QED) is 0.743. The van der Waals surface area contributed by atoms with E-state index >= 15 is 0 Å². The molecule has 0 saturated heterocycles. The van der Waals surface area contributed by atoms with Crippen LogP contribution < -0.4 is 5.32 Å². The van der Waals surface area contributed by atoms with Gasteiger partial charge in [-0.3, -0.25) is 4.79 Å². The van der Waals surface area contributed by atoms with E-state index in [4.69, 9.17) is 0 Å². The Hall–Kier alpha value is -1.90. The van der Waals surface area contributed by atoms with Crippen molar-refractivity contribution in [3.63, 3.8) is 0 Å². The monoisotopic (exact) mass is 326 g/mol. The van der Waals surface area contributed by atoms with Crippen LogP contribution >= 0.6 is 22.7 Å². The average Bonchev–Trinajstić information content (AvgIpc) is 3.21. The summed E-state index contributed by atoms with van der Waals surface area (Å²) in [6.07, 6.45) is 3.55. The van der Waals surface area contributed by atoms with Gasteiger partial charge in [0.1, 0.15) is 5.54 Å². The van der Waals surface area contributed by atoms with Crippen LogP contribution in [0, 0.1) is 11.3 Å². The van der Waals surface area contributed by atoms with Crippen molar-refractivity contribution in [2.45, 2.75) is 31.2 Å². The molecule has 0 radical (unpaired) electrons. The highest BCUT2D eigenvalue weighted by Gasteiger charge is 2.36. The van der Waals surface area contributed by atoms with E-state index in [-0.39, 0.29) is 5.91 Å². The largest absolute Gasteiger partial charge is 0.333 e. The molecular weight excluding hydrogens is 312 g/mol. The molecule has 3 aromatic rings. The molecule has 4 rings (SSSR count). The van der Waals surface area contributed by atoms with Gasteiger partial charge in [0.25, 0.3) is 5.91 Å². The number of amides is 1. The van der Waals surface area contributed by atoms with Crippen LogP contribution in [-0.4, -0.2) is 11.4 Å². The molecule has 0 unspecified atom stereocenters. The van der Waals surface area contributed by atoms with E-state index in [1.807, 2.05) is 18.2 Å². The second kappa shape index (κ2) is 5.08. The van der Waals surface area contributed by atoms with Crippen molar-refractivity contribution in [1.82, 2.24) is 5.32 Å². The fourth-order valence-corrected chi connectivity index (χ4v) is 5.55. The number of nitrogens with zero attached hydrogens (tertiary/aromatic N) is 1. The van der Waals surface area contributed by atoms with E-state index in [9.17, 15) is 10.1 Å². The number of benzene rings is 1. The molecule has 110 valence electrons. The molecule has 0 atom stereocenters. The van der Waals surface area contributed by atoms with Gasteiger partial charge in [0, 0.05) is 14.8 Å². The molecule has 3 nitrogen and oxygen atoms in total. The molecule has 1 amide bonds. The zero-order valence-corrected chi connectivity index (χ0v) is 13.5. The van der Waals surface area contributed by atoms with Gasteiger partial charge in [-0.2, -0.15) is 5.26 Å². The van der Waals surface area contributed by atoms with Gasteiger partial charge in [0.2, 0.25) is 0 Å². The minimum atomic E-state index is -0.656. The van der Waals surface area contributed by atoms with Crippen LogP contribution in [0.5, 0.6) is 0 Å². The molecule has 1 fully saturated rings. The van der Waals surface area contributed by atoms with Crippen LogP contribution in [0.25, 0.3) is 19.5 Å². The lowest BCUT2D eigenvalue weighted by Crippen LogP contribution is -2.44. The van der Waals surface area contributed by atoms with Crippen molar-refractivity contribution < 1.29 is 4.79 Å². The van der Waals surface area contributed by atoms with Crippen molar-refractivity contribution >= 4 is 48.1 Å². The lowest BCUT2D eigenvalue weighted by Gasteiger charge is -2.21. The van der Waals surface area contributed by atoms with Gasteiger partial charge in [0.15, 0.2) is 0 Å². The Morgan fingerprint density at radius 2 is 1.95 bits per heavy atom. The molecule has 0 aliphatic heterocycles. The third kappa shape index (κ3) is 2.11. The maximum atomic E-state index is 12.5. The van der Waals surface area contributed by atoms with E-state index < -0.39 is 5.54 Å². The number of carbonyl (C=O) groups excluding carboxylic acids is 1. The van der Waals surface area contributed by atoms with Crippen LogP contribution in [0.1, 0.15) is 35.4 Å². The van der Waals surface area contributed by atoms with Gasteiger partial charge < -0.3 is 5.32 Å². The van der Waals surface area contributed by atoms with Gasteiger partial charge in [-0.25, -0.2) is 0 Å². The highest BCUT2D eigenvalue weighted by atomic mass is 32.1. The van der Waals surface area contributed by atoms with Crippen LogP contribution in [0.2, 0.25) is 0 Å². The lowest BCUT2D eigenvalue weighted by atomic mass is 10.00. The Bertz CT molecular complexity index is 910. The summed E-state index contributed by atoms with van der Waals surface area (Å²) in [5, 5.41) is 13.6. The zero-order chi connectivity index (χ0) is 15.2. The fraction of sp³-hybridized carbons (Fsp3) is 0.294. The van der Waals surface area contributed by atoms with Gasteiger partial charge in [-0.05, 0) is 37.8 Å². The Morgan fingerprint density at radius 3 is 2.73 bits per heavy atom. The van der Waals surface area contributed by atoms with Gasteiger partial charge in [-0.15, -0.1) is 22.7 Å². The first kappa shape index (κ1) is 13.7. The van der Waals surface area contributed by atoms with Gasteiger partial charge in [-0.1, -0.05) is 18.2 Å². The Balaban J connectivity index is 1.69. The molecule has 2 aromatic heterocycles. The normalized spacial score (nSPS) is 16.9. The third-order valence-corrected chi connectivity index (χ3v) is 6.71.